The SMILES string of the molecule is C[N+]1(C)CC1c1ccc2cnccc2c1[N+](=O)[O-]. The molecule has 1 aromatic heterocycles. The maximum Gasteiger partial charge on any atom is 0.286 e. The Kier molecular flexibility index (Phi) is 2.15. The molecule has 2 heterocycles. The molecule has 1 aliphatic rings. The van der Waals surface area contributed by atoms with Crippen molar-refractivity contribution in [1.82, 2.24) is 4.98 Å². The van der Waals surface area contributed by atoms with Gasteiger partial charge in [-0.15, -0.1) is 0 Å². The first kappa shape index (κ1) is 11.1. The van der Waals surface area contributed by atoms with Gasteiger partial charge in [-0.05, 0) is 12.1 Å². The van der Waals surface area contributed by atoms with Crippen LogP contribution in [0.5, 0.6) is 0 Å². The van der Waals surface area contributed by atoms with E-state index in [2.05, 4.69) is 19.1 Å². The highest BCUT2D eigenvalue weighted by molar-refractivity contribution is 5.91. The highest BCUT2D eigenvalue weighted by Gasteiger charge is 2.51. The van der Waals surface area contributed by atoms with Crippen molar-refractivity contribution in [3.63, 3.8) is 0 Å². The third-order valence-corrected chi connectivity index (χ3v) is 3.72. The van der Waals surface area contributed by atoms with Gasteiger partial charge in [-0.1, -0.05) is 6.07 Å². The molecular formula is C13H14N3O2+. The number of benzene rings is 1. The number of rotatable bonds is 2. The number of aromatic nitrogens is 1. The molecule has 2 aromatic rings. The minimum atomic E-state index is -0.268. The number of quaternary nitrogens is 1. The van der Waals surface area contributed by atoms with Gasteiger partial charge in [0.1, 0.15) is 6.54 Å². The van der Waals surface area contributed by atoms with Crippen LogP contribution in [0.15, 0.2) is 30.6 Å². The van der Waals surface area contributed by atoms with E-state index in [4.69, 9.17) is 0 Å². The molecule has 0 aliphatic carbocycles. The van der Waals surface area contributed by atoms with Gasteiger partial charge in [0.2, 0.25) is 0 Å². The summed E-state index contributed by atoms with van der Waals surface area (Å²) in [6.07, 6.45) is 3.27. The van der Waals surface area contributed by atoms with Gasteiger partial charge in [0.05, 0.1) is 30.0 Å². The van der Waals surface area contributed by atoms with Crippen molar-refractivity contribution in [2.45, 2.75) is 6.04 Å². The van der Waals surface area contributed by atoms with E-state index in [1.54, 1.807) is 18.5 Å². The Balaban J connectivity index is 2.27. The summed E-state index contributed by atoms with van der Waals surface area (Å²) in [6, 6.07) is 5.75. The molecule has 1 fully saturated rings. The van der Waals surface area contributed by atoms with Crippen molar-refractivity contribution in [2.24, 2.45) is 0 Å². The molecule has 5 nitrogen and oxygen atoms in total. The molecule has 0 bridgehead atoms. The molecule has 1 aromatic carbocycles. The fraction of sp³-hybridized carbons (Fsp3) is 0.308. The lowest BCUT2D eigenvalue weighted by atomic mass is 10.0. The molecule has 1 saturated heterocycles. The highest BCUT2D eigenvalue weighted by atomic mass is 16.6. The average molecular weight is 244 g/mol. The molecule has 1 atom stereocenters. The second-order valence-electron chi connectivity index (χ2n) is 5.33. The second-order valence-corrected chi connectivity index (χ2v) is 5.33. The molecular weight excluding hydrogens is 230 g/mol. The lowest BCUT2D eigenvalue weighted by Gasteiger charge is -2.08. The Labute approximate surface area is 104 Å². The smallest absolute Gasteiger partial charge is 0.286 e. The van der Waals surface area contributed by atoms with E-state index in [9.17, 15) is 10.1 Å². The molecule has 1 unspecified atom stereocenters. The first-order valence-corrected chi connectivity index (χ1v) is 5.84. The van der Waals surface area contributed by atoms with E-state index in [0.29, 0.717) is 5.39 Å². The van der Waals surface area contributed by atoms with Crippen molar-refractivity contribution in [1.29, 1.82) is 0 Å². The van der Waals surface area contributed by atoms with Crippen LogP contribution in [0, 0.1) is 10.1 Å². The monoisotopic (exact) mass is 244 g/mol. The maximum absolute atomic E-state index is 11.4. The maximum atomic E-state index is 11.4. The van der Waals surface area contributed by atoms with Gasteiger partial charge >= 0.3 is 0 Å². The van der Waals surface area contributed by atoms with Crippen LogP contribution in [-0.4, -0.2) is 35.0 Å². The Morgan fingerprint density at radius 3 is 2.72 bits per heavy atom. The predicted octanol–water partition coefficient (Wildman–Crippen LogP) is 2.27. The fourth-order valence-electron chi connectivity index (χ4n) is 2.52. The first-order valence-electron chi connectivity index (χ1n) is 5.84. The van der Waals surface area contributed by atoms with E-state index >= 15 is 0 Å². The van der Waals surface area contributed by atoms with Gasteiger partial charge in [0, 0.05) is 17.8 Å². The predicted molar refractivity (Wildman–Crippen MR) is 68.1 cm³/mol. The summed E-state index contributed by atoms with van der Waals surface area (Å²) in [6.45, 7) is 0.956. The minimum absolute atomic E-state index is 0.239. The molecule has 18 heavy (non-hydrogen) atoms. The molecule has 0 spiro atoms. The number of hydrogen-bond donors (Lipinski definition) is 0. The molecule has 0 saturated carbocycles. The summed E-state index contributed by atoms with van der Waals surface area (Å²) in [5.41, 5.74) is 1.08. The van der Waals surface area contributed by atoms with Crippen LogP contribution in [0.1, 0.15) is 11.6 Å². The summed E-state index contributed by atoms with van der Waals surface area (Å²) in [5, 5.41) is 12.9. The van der Waals surface area contributed by atoms with E-state index in [1.807, 2.05) is 12.1 Å². The van der Waals surface area contributed by atoms with Gasteiger partial charge in [0.25, 0.3) is 5.69 Å². The van der Waals surface area contributed by atoms with Crippen molar-refractivity contribution in [2.75, 3.05) is 20.6 Å². The summed E-state index contributed by atoms with van der Waals surface area (Å²) < 4.78 is 0.817. The topological polar surface area (TPSA) is 56.0 Å². The van der Waals surface area contributed by atoms with Gasteiger partial charge in [-0.2, -0.15) is 0 Å². The summed E-state index contributed by atoms with van der Waals surface area (Å²) in [7, 11) is 4.18. The number of nitro benzene ring substituents is 1. The van der Waals surface area contributed by atoms with Gasteiger partial charge < -0.3 is 4.48 Å². The van der Waals surface area contributed by atoms with E-state index in [-0.39, 0.29) is 16.7 Å². The molecule has 0 radical (unpaired) electrons. The fourth-order valence-corrected chi connectivity index (χ4v) is 2.52. The van der Waals surface area contributed by atoms with E-state index in [0.717, 1.165) is 22.0 Å². The molecule has 1 aliphatic heterocycles. The Bertz CT molecular complexity index is 652. The van der Waals surface area contributed by atoms with Gasteiger partial charge in [-0.25, -0.2) is 0 Å². The van der Waals surface area contributed by atoms with Crippen molar-refractivity contribution >= 4 is 16.5 Å². The van der Waals surface area contributed by atoms with Crippen LogP contribution in [0.4, 0.5) is 5.69 Å². The van der Waals surface area contributed by atoms with Gasteiger partial charge in [0.15, 0.2) is 6.04 Å². The summed E-state index contributed by atoms with van der Waals surface area (Å²) >= 11 is 0. The zero-order valence-electron chi connectivity index (χ0n) is 10.3. The largest absolute Gasteiger partial charge is 0.312 e. The Morgan fingerprint density at radius 1 is 1.39 bits per heavy atom. The van der Waals surface area contributed by atoms with Crippen LogP contribution in [0.25, 0.3) is 10.8 Å². The summed E-state index contributed by atoms with van der Waals surface area (Å²) in [4.78, 5) is 15.1. The van der Waals surface area contributed by atoms with Crippen LogP contribution >= 0.6 is 0 Å². The summed E-state index contributed by atoms with van der Waals surface area (Å²) in [5.74, 6) is 0. The van der Waals surface area contributed by atoms with Crippen LogP contribution in [-0.2, 0) is 0 Å². The van der Waals surface area contributed by atoms with Crippen molar-refractivity contribution < 1.29 is 9.41 Å². The molecule has 0 amide bonds. The van der Waals surface area contributed by atoms with E-state index in [1.165, 1.54) is 0 Å². The third kappa shape index (κ3) is 1.55. The Morgan fingerprint density at radius 2 is 2.11 bits per heavy atom. The van der Waals surface area contributed by atoms with Crippen LogP contribution < -0.4 is 0 Å². The molecule has 3 rings (SSSR count). The van der Waals surface area contributed by atoms with Crippen LogP contribution in [0.3, 0.4) is 0 Å². The molecule has 5 heteroatoms. The normalized spacial score (nSPS) is 20.9. The highest BCUT2D eigenvalue weighted by Crippen LogP contribution is 2.45. The first-order chi connectivity index (χ1) is 8.50. The number of nitro groups is 1. The minimum Gasteiger partial charge on any atom is -0.312 e. The number of fused-ring (bicyclic) bond motifs is 1. The lowest BCUT2D eigenvalue weighted by Crippen LogP contribution is -2.13. The van der Waals surface area contributed by atoms with Crippen molar-refractivity contribution in [3.8, 4) is 0 Å². The van der Waals surface area contributed by atoms with Gasteiger partial charge in [-0.3, -0.25) is 15.1 Å². The second kappa shape index (κ2) is 3.49. The number of nitrogens with zero attached hydrogens (tertiary/aromatic N) is 3. The third-order valence-electron chi connectivity index (χ3n) is 3.72. The molecule has 92 valence electrons. The Hall–Kier alpha value is -2.01. The average Bonchev–Trinajstić information content (AvgIpc) is 2.96. The zero-order chi connectivity index (χ0) is 12.9. The molecule has 0 N–H and O–H groups in total. The number of hydrogen-bond acceptors (Lipinski definition) is 3. The zero-order valence-corrected chi connectivity index (χ0v) is 10.3. The van der Waals surface area contributed by atoms with Crippen molar-refractivity contribution in [3.05, 3.63) is 46.3 Å². The van der Waals surface area contributed by atoms with E-state index < -0.39 is 0 Å². The lowest BCUT2D eigenvalue weighted by molar-refractivity contribution is -0.772. The number of likely N-dealkylation sites (N-methyl/N-ethyl adjacent to an activating group) is 1. The van der Waals surface area contributed by atoms with Crippen LogP contribution in [0.2, 0.25) is 0 Å². The number of pyridine rings is 1. The standard InChI is InChI=1S/C13H14N3O2/c1-16(2)8-12(16)11-4-3-9-7-14-6-5-10(9)13(11)15(17)18/h3-7,12H,8H2,1-2H3/q+1. The quantitative estimate of drug-likeness (QED) is 0.352.